The molecular formula is C27H22N6O2. The van der Waals surface area contributed by atoms with Crippen LogP contribution in [0.25, 0.3) is 16.9 Å². The van der Waals surface area contributed by atoms with E-state index in [0.29, 0.717) is 22.6 Å². The third-order valence-corrected chi connectivity index (χ3v) is 5.40. The van der Waals surface area contributed by atoms with E-state index >= 15 is 0 Å². The summed E-state index contributed by atoms with van der Waals surface area (Å²) in [5.41, 5.74) is 5.29. The number of amides is 2. The van der Waals surface area contributed by atoms with E-state index in [1.54, 1.807) is 47.8 Å². The number of rotatable bonds is 7. The highest BCUT2D eigenvalue weighted by Gasteiger charge is 2.10. The molecule has 0 aliphatic heterocycles. The van der Waals surface area contributed by atoms with Crippen LogP contribution < -0.4 is 10.6 Å². The molecule has 0 fully saturated rings. The van der Waals surface area contributed by atoms with Gasteiger partial charge >= 0.3 is 0 Å². The number of carbonyl (C=O) groups excluding carboxylic acids is 2. The van der Waals surface area contributed by atoms with E-state index in [1.165, 1.54) is 0 Å². The molecule has 2 heterocycles. The zero-order valence-electron chi connectivity index (χ0n) is 18.7. The van der Waals surface area contributed by atoms with Crippen LogP contribution in [0.4, 0.5) is 11.4 Å². The smallest absolute Gasteiger partial charge is 0.255 e. The number of aromatic amines is 1. The fraction of sp³-hybridized carbons (Fsp3) is 0.0370. The van der Waals surface area contributed by atoms with Gasteiger partial charge < -0.3 is 15.6 Å². The number of carbonyl (C=O) groups is 2. The molecule has 0 aliphatic rings. The average Bonchev–Trinajstić information content (AvgIpc) is 3.58. The van der Waals surface area contributed by atoms with Gasteiger partial charge in [0.1, 0.15) is 0 Å². The predicted octanol–water partition coefficient (Wildman–Crippen LogP) is 4.70. The van der Waals surface area contributed by atoms with E-state index in [2.05, 4.69) is 25.7 Å². The van der Waals surface area contributed by atoms with Crippen LogP contribution in [-0.4, -0.2) is 31.6 Å². The topological polar surface area (TPSA) is 105 Å². The summed E-state index contributed by atoms with van der Waals surface area (Å²) in [6.45, 7) is 0. The summed E-state index contributed by atoms with van der Waals surface area (Å²) in [5, 5.41) is 10.1. The Morgan fingerprint density at radius 2 is 1.69 bits per heavy atom. The molecule has 3 N–H and O–H groups in total. The molecule has 0 saturated carbocycles. The van der Waals surface area contributed by atoms with Gasteiger partial charge in [-0.15, -0.1) is 0 Å². The molecule has 8 heteroatoms. The maximum absolute atomic E-state index is 12.8. The molecule has 5 rings (SSSR count). The number of imidazole rings is 1. The molecule has 0 radical (unpaired) electrons. The first-order valence-corrected chi connectivity index (χ1v) is 11.0. The van der Waals surface area contributed by atoms with Gasteiger partial charge in [0.05, 0.1) is 48.4 Å². The number of aromatic nitrogens is 4. The van der Waals surface area contributed by atoms with Gasteiger partial charge in [0, 0.05) is 11.3 Å². The van der Waals surface area contributed by atoms with Gasteiger partial charge in [0.15, 0.2) is 0 Å². The molecule has 5 aromatic rings. The second kappa shape index (κ2) is 9.88. The molecule has 3 aromatic carbocycles. The van der Waals surface area contributed by atoms with E-state index < -0.39 is 0 Å². The Kier molecular flexibility index (Phi) is 6.17. The van der Waals surface area contributed by atoms with Crippen LogP contribution in [-0.2, 0) is 11.2 Å². The summed E-state index contributed by atoms with van der Waals surface area (Å²) in [7, 11) is 0. The highest BCUT2D eigenvalue weighted by molar-refractivity contribution is 6.04. The zero-order chi connectivity index (χ0) is 24.0. The lowest BCUT2D eigenvalue weighted by molar-refractivity contribution is -0.115. The van der Waals surface area contributed by atoms with Crippen LogP contribution in [0.15, 0.2) is 104 Å². The van der Waals surface area contributed by atoms with Crippen molar-refractivity contribution in [1.29, 1.82) is 0 Å². The number of hydrogen-bond donors (Lipinski definition) is 3. The highest BCUT2D eigenvalue weighted by atomic mass is 16.2. The Labute approximate surface area is 201 Å². The number of hydrogen-bond acceptors (Lipinski definition) is 4. The van der Waals surface area contributed by atoms with Crippen molar-refractivity contribution in [2.24, 2.45) is 0 Å². The summed E-state index contributed by atoms with van der Waals surface area (Å²) in [6, 6.07) is 24.2. The molecule has 0 saturated heterocycles. The normalized spacial score (nSPS) is 10.6. The van der Waals surface area contributed by atoms with Gasteiger partial charge in [0.25, 0.3) is 5.91 Å². The first-order valence-electron chi connectivity index (χ1n) is 11.0. The SMILES string of the molecule is O=C(Cc1ccccc1)Nc1cnn(-c2cccc(C(=O)Nc3ccc(-c4cnc[nH]4)cc3)c2)c1. The lowest BCUT2D eigenvalue weighted by Gasteiger charge is -2.08. The predicted molar refractivity (Wildman–Crippen MR) is 134 cm³/mol. The number of anilines is 2. The molecule has 8 nitrogen and oxygen atoms in total. The second-order valence-electron chi connectivity index (χ2n) is 7.93. The fourth-order valence-electron chi connectivity index (χ4n) is 3.65. The second-order valence-corrected chi connectivity index (χ2v) is 7.93. The Hall–Kier alpha value is -4.98. The number of nitrogens with zero attached hydrogens (tertiary/aromatic N) is 3. The zero-order valence-corrected chi connectivity index (χ0v) is 18.7. The first kappa shape index (κ1) is 21.8. The third kappa shape index (κ3) is 5.33. The first-order chi connectivity index (χ1) is 17.1. The van der Waals surface area contributed by atoms with Gasteiger partial charge in [-0.05, 0) is 41.5 Å². The van der Waals surface area contributed by atoms with Gasteiger partial charge in [-0.3, -0.25) is 9.59 Å². The van der Waals surface area contributed by atoms with E-state index in [-0.39, 0.29) is 18.2 Å². The van der Waals surface area contributed by atoms with E-state index in [4.69, 9.17) is 0 Å². The largest absolute Gasteiger partial charge is 0.345 e. The van der Waals surface area contributed by atoms with Crippen molar-refractivity contribution < 1.29 is 9.59 Å². The van der Waals surface area contributed by atoms with Crippen molar-refractivity contribution in [1.82, 2.24) is 19.7 Å². The summed E-state index contributed by atoms with van der Waals surface area (Å²) in [6.07, 6.45) is 6.95. The van der Waals surface area contributed by atoms with Crippen LogP contribution in [0.2, 0.25) is 0 Å². The van der Waals surface area contributed by atoms with E-state index in [9.17, 15) is 9.59 Å². The Bertz CT molecular complexity index is 1440. The molecule has 35 heavy (non-hydrogen) atoms. The molecule has 172 valence electrons. The third-order valence-electron chi connectivity index (χ3n) is 5.40. The molecule has 0 spiro atoms. The Morgan fingerprint density at radius 1 is 0.857 bits per heavy atom. The average molecular weight is 463 g/mol. The summed E-state index contributed by atoms with van der Waals surface area (Å²) < 4.78 is 1.62. The quantitative estimate of drug-likeness (QED) is 0.326. The number of H-pyrrole nitrogens is 1. The maximum atomic E-state index is 12.8. The molecule has 0 unspecified atom stereocenters. The van der Waals surface area contributed by atoms with E-state index in [0.717, 1.165) is 16.8 Å². The highest BCUT2D eigenvalue weighted by Crippen LogP contribution is 2.20. The minimum atomic E-state index is -0.232. The van der Waals surface area contributed by atoms with Gasteiger partial charge in [-0.2, -0.15) is 5.10 Å². The van der Waals surface area contributed by atoms with Crippen molar-refractivity contribution in [2.45, 2.75) is 6.42 Å². The van der Waals surface area contributed by atoms with Crippen molar-refractivity contribution in [3.05, 3.63) is 115 Å². The Balaban J connectivity index is 1.24. The van der Waals surface area contributed by atoms with Crippen molar-refractivity contribution in [3.63, 3.8) is 0 Å². The number of nitrogens with one attached hydrogen (secondary N) is 3. The Morgan fingerprint density at radius 3 is 2.46 bits per heavy atom. The lowest BCUT2D eigenvalue weighted by atomic mass is 10.1. The molecule has 0 atom stereocenters. The monoisotopic (exact) mass is 462 g/mol. The van der Waals surface area contributed by atoms with Crippen LogP contribution >= 0.6 is 0 Å². The van der Waals surface area contributed by atoms with Crippen molar-refractivity contribution in [2.75, 3.05) is 10.6 Å². The van der Waals surface area contributed by atoms with Gasteiger partial charge in [-0.25, -0.2) is 9.67 Å². The minimum Gasteiger partial charge on any atom is -0.345 e. The van der Waals surface area contributed by atoms with Crippen LogP contribution in [0.5, 0.6) is 0 Å². The van der Waals surface area contributed by atoms with Gasteiger partial charge in [-0.1, -0.05) is 48.5 Å². The molecule has 0 aliphatic carbocycles. The molecular weight excluding hydrogens is 440 g/mol. The summed E-state index contributed by atoms with van der Waals surface area (Å²) >= 11 is 0. The fourth-order valence-corrected chi connectivity index (χ4v) is 3.65. The minimum absolute atomic E-state index is 0.123. The standard InChI is InChI=1S/C27H22N6O2/c34-26(13-19-5-2-1-3-6-19)31-23-15-30-33(17-23)24-8-4-7-21(14-24)27(35)32-22-11-9-20(10-12-22)25-16-28-18-29-25/h1-12,14-18H,13H2,(H,28,29)(H,31,34)(H,32,35). The van der Waals surface area contributed by atoms with E-state index in [1.807, 2.05) is 60.7 Å². The molecule has 0 bridgehead atoms. The van der Waals surface area contributed by atoms with Gasteiger partial charge in [0.2, 0.25) is 5.91 Å². The molecule has 2 aromatic heterocycles. The summed E-state index contributed by atoms with van der Waals surface area (Å²) in [4.78, 5) is 32.2. The van der Waals surface area contributed by atoms with Crippen molar-refractivity contribution >= 4 is 23.2 Å². The van der Waals surface area contributed by atoms with Crippen LogP contribution in [0.1, 0.15) is 15.9 Å². The van der Waals surface area contributed by atoms with Crippen LogP contribution in [0, 0.1) is 0 Å². The van der Waals surface area contributed by atoms with Crippen molar-refractivity contribution in [3.8, 4) is 16.9 Å². The summed E-state index contributed by atoms with van der Waals surface area (Å²) in [5.74, 6) is -0.355. The molecule has 2 amide bonds. The van der Waals surface area contributed by atoms with Crippen LogP contribution in [0.3, 0.4) is 0 Å². The maximum Gasteiger partial charge on any atom is 0.255 e. The lowest BCUT2D eigenvalue weighted by Crippen LogP contribution is -2.14. The number of benzene rings is 3.